The minimum Gasteiger partial charge on any atom is -0.336 e. The van der Waals surface area contributed by atoms with Gasteiger partial charge in [-0.2, -0.15) is 0 Å². The Hall–Kier alpha value is -0.740. The van der Waals surface area contributed by atoms with Crippen LogP contribution in [-0.4, -0.2) is 52.2 Å². The molecule has 0 bridgehead atoms. The summed E-state index contributed by atoms with van der Waals surface area (Å²) in [6, 6.07) is 10.2. The van der Waals surface area contributed by atoms with Crippen LogP contribution in [-0.2, 0) is 4.79 Å². The van der Waals surface area contributed by atoms with E-state index in [1.54, 1.807) is 4.90 Å². The molecule has 1 aliphatic heterocycles. The highest BCUT2D eigenvalue weighted by Gasteiger charge is 2.36. The van der Waals surface area contributed by atoms with E-state index in [1.807, 2.05) is 18.2 Å². The number of piperazine rings is 1. The molecule has 21 heavy (non-hydrogen) atoms. The van der Waals surface area contributed by atoms with Crippen molar-refractivity contribution in [2.24, 2.45) is 0 Å². The lowest BCUT2D eigenvalue weighted by Crippen LogP contribution is -2.51. The minimum atomic E-state index is -1.85. The topological polar surface area (TPSA) is 23.6 Å². The molecule has 0 aromatic heterocycles. The fraction of sp³-hybridized carbons (Fsp3) is 0.400. The first-order chi connectivity index (χ1) is 9.97. The van der Waals surface area contributed by atoms with Gasteiger partial charge in [0.1, 0.15) is 0 Å². The molecular formula is C15H17Cl3N2O. The van der Waals surface area contributed by atoms with Crippen LogP contribution in [0.3, 0.4) is 0 Å². The van der Waals surface area contributed by atoms with Crippen LogP contribution in [0.2, 0.25) is 0 Å². The largest absolute Gasteiger partial charge is 0.336 e. The Kier molecular flexibility index (Phi) is 5.94. The van der Waals surface area contributed by atoms with Crippen molar-refractivity contribution in [1.29, 1.82) is 0 Å². The summed E-state index contributed by atoms with van der Waals surface area (Å²) in [6.07, 6.45) is 4.22. The van der Waals surface area contributed by atoms with E-state index in [9.17, 15) is 4.79 Å². The van der Waals surface area contributed by atoms with Gasteiger partial charge >= 0.3 is 0 Å². The molecule has 1 aromatic carbocycles. The highest BCUT2D eigenvalue weighted by Crippen LogP contribution is 2.28. The van der Waals surface area contributed by atoms with Crippen LogP contribution in [0.15, 0.2) is 36.4 Å². The summed E-state index contributed by atoms with van der Waals surface area (Å²) in [4.78, 5) is 15.7. The molecular weight excluding hydrogens is 331 g/mol. The van der Waals surface area contributed by atoms with Gasteiger partial charge in [0.05, 0.1) is 0 Å². The monoisotopic (exact) mass is 346 g/mol. The maximum atomic E-state index is 11.8. The second-order valence-electron chi connectivity index (χ2n) is 4.90. The molecule has 2 rings (SSSR count). The number of hydrogen-bond acceptors (Lipinski definition) is 2. The SMILES string of the molecule is O=C(N1CCN(CC=Cc2ccccc2)CC1)C(Cl)(Cl)Cl. The highest BCUT2D eigenvalue weighted by molar-refractivity contribution is 6.76. The predicted molar refractivity (Wildman–Crippen MR) is 88.8 cm³/mol. The standard InChI is InChI=1S/C15H17Cl3N2O/c16-15(17,18)14(21)20-11-9-19(10-12-20)8-4-7-13-5-2-1-3-6-13/h1-7H,8-12H2. The Labute approximate surface area is 140 Å². The molecule has 6 heteroatoms. The van der Waals surface area contributed by atoms with Crippen LogP contribution in [0.1, 0.15) is 5.56 Å². The van der Waals surface area contributed by atoms with Gasteiger partial charge in [0.2, 0.25) is 0 Å². The summed E-state index contributed by atoms with van der Waals surface area (Å²) in [5.74, 6) is -0.438. The predicted octanol–water partition coefficient (Wildman–Crippen LogP) is 3.21. The third-order valence-corrected chi connectivity index (χ3v) is 3.86. The van der Waals surface area contributed by atoms with Crippen LogP contribution in [0, 0.1) is 0 Å². The zero-order valence-corrected chi connectivity index (χ0v) is 13.8. The van der Waals surface area contributed by atoms with Crippen LogP contribution in [0.4, 0.5) is 0 Å². The molecule has 1 aliphatic rings. The van der Waals surface area contributed by atoms with Gasteiger partial charge in [-0.15, -0.1) is 0 Å². The molecule has 0 radical (unpaired) electrons. The third-order valence-electron chi connectivity index (χ3n) is 3.38. The van der Waals surface area contributed by atoms with Crippen LogP contribution in [0.5, 0.6) is 0 Å². The molecule has 0 spiro atoms. The average Bonchev–Trinajstić information content (AvgIpc) is 2.47. The normalized spacial score (nSPS) is 17.4. The quantitative estimate of drug-likeness (QED) is 0.784. The number of carbonyl (C=O) groups is 1. The number of nitrogens with zero attached hydrogens (tertiary/aromatic N) is 2. The molecule has 3 nitrogen and oxygen atoms in total. The fourth-order valence-corrected chi connectivity index (χ4v) is 2.57. The third kappa shape index (κ3) is 5.19. The zero-order valence-electron chi connectivity index (χ0n) is 11.5. The zero-order chi connectivity index (χ0) is 15.3. The van der Waals surface area contributed by atoms with Gasteiger partial charge in [0.15, 0.2) is 0 Å². The Balaban J connectivity index is 1.77. The number of alkyl halides is 3. The molecule has 1 saturated heterocycles. The van der Waals surface area contributed by atoms with E-state index in [1.165, 1.54) is 5.56 Å². The van der Waals surface area contributed by atoms with Crippen molar-refractivity contribution < 1.29 is 4.79 Å². The van der Waals surface area contributed by atoms with Crippen molar-refractivity contribution in [2.75, 3.05) is 32.7 Å². The lowest BCUT2D eigenvalue weighted by molar-refractivity contribution is -0.131. The summed E-state index contributed by atoms with van der Waals surface area (Å²) in [5.41, 5.74) is 1.18. The molecule has 1 fully saturated rings. The van der Waals surface area contributed by atoms with E-state index in [2.05, 4.69) is 29.2 Å². The van der Waals surface area contributed by atoms with E-state index in [-0.39, 0.29) is 0 Å². The fourth-order valence-electron chi connectivity index (χ4n) is 2.21. The van der Waals surface area contributed by atoms with Crippen molar-refractivity contribution in [3.05, 3.63) is 42.0 Å². The number of amides is 1. The van der Waals surface area contributed by atoms with E-state index in [4.69, 9.17) is 34.8 Å². The van der Waals surface area contributed by atoms with Crippen LogP contribution in [0.25, 0.3) is 6.08 Å². The maximum Gasteiger partial charge on any atom is 0.274 e. The van der Waals surface area contributed by atoms with Gasteiger partial charge in [-0.05, 0) is 5.56 Å². The molecule has 0 atom stereocenters. The molecule has 114 valence electrons. The van der Waals surface area contributed by atoms with Gasteiger partial charge in [-0.25, -0.2) is 0 Å². The lowest BCUT2D eigenvalue weighted by Gasteiger charge is -2.35. The van der Waals surface area contributed by atoms with Crippen molar-refractivity contribution in [1.82, 2.24) is 9.80 Å². The van der Waals surface area contributed by atoms with Gasteiger partial charge in [0.25, 0.3) is 9.70 Å². The van der Waals surface area contributed by atoms with Gasteiger partial charge in [-0.3, -0.25) is 9.69 Å². The van der Waals surface area contributed by atoms with Crippen molar-refractivity contribution in [3.63, 3.8) is 0 Å². The average molecular weight is 348 g/mol. The Morgan fingerprint density at radius 2 is 1.71 bits per heavy atom. The molecule has 1 amide bonds. The first kappa shape index (κ1) is 16.6. The van der Waals surface area contributed by atoms with Crippen molar-refractivity contribution in [2.45, 2.75) is 3.79 Å². The van der Waals surface area contributed by atoms with E-state index in [0.29, 0.717) is 13.1 Å². The smallest absolute Gasteiger partial charge is 0.274 e. The molecule has 0 aliphatic carbocycles. The summed E-state index contributed by atoms with van der Waals surface area (Å²) in [6.45, 7) is 3.60. The highest BCUT2D eigenvalue weighted by atomic mass is 35.6. The van der Waals surface area contributed by atoms with Gasteiger partial charge < -0.3 is 4.90 Å². The van der Waals surface area contributed by atoms with E-state index in [0.717, 1.165) is 19.6 Å². The maximum absolute atomic E-state index is 11.8. The molecule has 0 N–H and O–H groups in total. The molecule has 0 unspecified atom stereocenters. The van der Waals surface area contributed by atoms with Gasteiger partial charge in [0, 0.05) is 32.7 Å². The first-order valence-corrected chi connectivity index (χ1v) is 7.90. The van der Waals surface area contributed by atoms with Crippen molar-refractivity contribution >= 4 is 46.8 Å². The minimum absolute atomic E-state index is 0.438. The summed E-state index contributed by atoms with van der Waals surface area (Å²) < 4.78 is -1.85. The molecule has 0 saturated carbocycles. The Morgan fingerprint density at radius 1 is 1.10 bits per heavy atom. The number of carbonyl (C=O) groups excluding carboxylic acids is 1. The summed E-state index contributed by atoms with van der Waals surface area (Å²) in [7, 11) is 0. The number of benzene rings is 1. The Bertz CT molecular complexity index is 491. The summed E-state index contributed by atoms with van der Waals surface area (Å²) in [5, 5.41) is 0. The lowest BCUT2D eigenvalue weighted by atomic mass is 10.2. The summed E-state index contributed by atoms with van der Waals surface area (Å²) >= 11 is 16.9. The molecule has 1 heterocycles. The van der Waals surface area contributed by atoms with Crippen LogP contribution < -0.4 is 0 Å². The number of hydrogen-bond donors (Lipinski definition) is 0. The number of rotatable bonds is 3. The molecule has 1 aromatic rings. The van der Waals surface area contributed by atoms with Crippen LogP contribution >= 0.6 is 34.8 Å². The number of halogens is 3. The van der Waals surface area contributed by atoms with Crippen molar-refractivity contribution in [3.8, 4) is 0 Å². The Morgan fingerprint density at radius 3 is 2.29 bits per heavy atom. The van der Waals surface area contributed by atoms with E-state index >= 15 is 0 Å². The van der Waals surface area contributed by atoms with E-state index < -0.39 is 9.70 Å². The second kappa shape index (κ2) is 7.50. The first-order valence-electron chi connectivity index (χ1n) is 6.77. The van der Waals surface area contributed by atoms with Gasteiger partial charge in [-0.1, -0.05) is 77.3 Å². The second-order valence-corrected chi connectivity index (χ2v) is 7.18.